The first-order chi connectivity index (χ1) is 9.06. The minimum Gasteiger partial charge on any atom is -0.373 e. The number of hydrogen-bond acceptors (Lipinski definition) is 5. The molecule has 0 fully saturated rings. The van der Waals surface area contributed by atoms with E-state index in [1.54, 1.807) is 38.2 Å². The van der Waals surface area contributed by atoms with E-state index in [0.29, 0.717) is 4.90 Å². The van der Waals surface area contributed by atoms with Crippen LogP contribution in [0.5, 0.6) is 0 Å². The second-order valence-electron chi connectivity index (χ2n) is 3.97. The minimum atomic E-state index is -3.16. The standard InChI is InChI=1S/C13H15N3O2S/c1-3-19(17,18)11-6-4-10(5-7-11)12-8-13(14-2)16-9-15-12/h4-9H,3H2,1-2H3,(H,14,15,16). The van der Waals surface area contributed by atoms with Gasteiger partial charge in [-0.05, 0) is 12.1 Å². The zero-order chi connectivity index (χ0) is 13.9. The molecule has 1 aromatic carbocycles. The maximum absolute atomic E-state index is 11.7. The normalized spacial score (nSPS) is 11.3. The first-order valence-electron chi connectivity index (χ1n) is 5.90. The average molecular weight is 277 g/mol. The Balaban J connectivity index is 2.37. The van der Waals surface area contributed by atoms with Crippen LogP contribution in [0.3, 0.4) is 0 Å². The molecule has 0 amide bonds. The maximum Gasteiger partial charge on any atom is 0.178 e. The molecule has 0 radical (unpaired) electrons. The number of rotatable bonds is 4. The van der Waals surface area contributed by atoms with E-state index in [-0.39, 0.29) is 5.75 Å². The summed E-state index contributed by atoms with van der Waals surface area (Å²) in [5, 5.41) is 2.93. The second-order valence-corrected chi connectivity index (χ2v) is 6.24. The fourth-order valence-corrected chi connectivity index (χ4v) is 2.54. The van der Waals surface area contributed by atoms with Gasteiger partial charge in [0.1, 0.15) is 12.1 Å². The van der Waals surface area contributed by atoms with E-state index in [0.717, 1.165) is 17.1 Å². The zero-order valence-corrected chi connectivity index (χ0v) is 11.6. The van der Waals surface area contributed by atoms with Gasteiger partial charge in [-0.3, -0.25) is 0 Å². The first-order valence-corrected chi connectivity index (χ1v) is 7.55. The number of sulfone groups is 1. The maximum atomic E-state index is 11.7. The van der Waals surface area contributed by atoms with Crippen molar-refractivity contribution in [3.05, 3.63) is 36.7 Å². The average Bonchev–Trinajstić information content (AvgIpc) is 2.47. The van der Waals surface area contributed by atoms with Crippen molar-refractivity contribution in [1.29, 1.82) is 0 Å². The van der Waals surface area contributed by atoms with E-state index in [1.165, 1.54) is 6.33 Å². The summed E-state index contributed by atoms with van der Waals surface area (Å²) in [7, 11) is -1.37. The smallest absolute Gasteiger partial charge is 0.178 e. The second kappa shape index (κ2) is 5.36. The molecular formula is C13H15N3O2S. The molecule has 1 aromatic heterocycles. The number of nitrogens with one attached hydrogen (secondary N) is 1. The van der Waals surface area contributed by atoms with E-state index >= 15 is 0 Å². The number of aromatic nitrogens is 2. The summed E-state index contributed by atoms with van der Waals surface area (Å²) in [6.07, 6.45) is 1.47. The molecule has 0 unspecified atom stereocenters. The fourth-order valence-electron chi connectivity index (χ4n) is 1.65. The number of nitrogens with zero attached hydrogens (tertiary/aromatic N) is 2. The van der Waals surface area contributed by atoms with Gasteiger partial charge in [-0.15, -0.1) is 0 Å². The lowest BCUT2D eigenvalue weighted by Crippen LogP contribution is -2.03. The Morgan fingerprint density at radius 3 is 2.42 bits per heavy atom. The van der Waals surface area contributed by atoms with Crippen LogP contribution in [-0.2, 0) is 9.84 Å². The van der Waals surface area contributed by atoms with Crippen LogP contribution >= 0.6 is 0 Å². The Kier molecular flexibility index (Phi) is 3.80. The van der Waals surface area contributed by atoms with Crippen molar-refractivity contribution in [2.24, 2.45) is 0 Å². The van der Waals surface area contributed by atoms with Crippen LogP contribution in [0.25, 0.3) is 11.3 Å². The molecule has 0 atom stereocenters. The quantitative estimate of drug-likeness (QED) is 0.925. The van der Waals surface area contributed by atoms with Crippen LogP contribution in [0.1, 0.15) is 6.92 Å². The number of anilines is 1. The Morgan fingerprint density at radius 1 is 1.16 bits per heavy atom. The van der Waals surface area contributed by atoms with E-state index in [2.05, 4.69) is 15.3 Å². The molecule has 19 heavy (non-hydrogen) atoms. The van der Waals surface area contributed by atoms with Gasteiger partial charge in [0, 0.05) is 18.7 Å². The summed E-state index contributed by atoms with van der Waals surface area (Å²) in [6, 6.07) is 8.53. The van der Waals surface area contributed by atoms with Gasteiger partial charge in [0.05, 0.1) is 16.3 Å². The fraction of sp³-hybridized carbons (Fsp3) is 0.231. The molecule has 1 N–H and O–H groups in total. The topological polar surface area (TPSA) is 72.0 Å². The third-order valence-corrected chi connectivity index (χ3v) is 4.56. The van der Waals surface area contributed by atoms with Crippen molar-refractivity contribution in [2.75, 3.05) is 18.1 Å². The van der Waals surface area contributed by atoms with Crippen molar-refractivity contribution < 1.29 is 8.42 Å². The molecule has 1 heterocycles. The molecule has 6 heteroatoms. The third kappa shape index (κ3) is 2.90. The highest BCUT2D eigenvalue weighted by molar-refractivity contribution is 7.91. The highest BCUT2D eigenvalue weighted by atomic mass is 32.2. The lowest BCUT2D eigenvalue weighted by Gasteiger charge is -2.05. The van der Waals surface area contributed by atoms with Crippen molar-refractivity contribution in [1.82, 2.24) is 9.97 Å². The van der Waals surface area contributed by atoms with Gasteiger partial charge in [-0.1, -0.05) is 19.1 Å². The highest BCUT2D eigenvalue weighted by Gasteiger charge is 2.11. The van der Waals surface area contributed by atoms with Gasteiger partial charge in [0.2, 0.25) is 0 Å². The van der Waals surface area contributed by atoms with Crippen molar-refractivity contribution in [3.63, 3.8) is 0 Å². The molecule has 0 saturated carbocycles. The number of benzene rings is 1. The summed E-state index contributed by atoms with van der Waals surface area (Å²) in [5.74, 6) is 0.819. The van der Waals surface area contributed by atoms with Gasteiger partial charge in [0.15, 0.2) is 9.84 Å². The van der Waals surface area contributed by atoms with Crippen molar-refractivity contribution in [2.45, 2.75) is 11.8 Å². The summed E-state index contributed by atoms with van der Waals surface area (Å²) in [5.41, 5.74) is 1.61. The van der Waals surface area contributed by atoms with Crippen LogP contribution in [-0.4, -0.2) is 31.2 Å². The molecule has 0 aliphatic rings. The van der Waals surface area contributed by atoms with E-state index in [9.17, 15) is 8.42 Å². The Hall–Kier alpha value is -1.95. The van der Waals surface area contributed by atoms with E-state index in [4.69, 9.17) is 0 Å². The van der Waals surface area contributed by atoms with E-state index in [1.807, 2.05) is 6.07 Å². The largest absolute Gasteiger partial charge is 0.373 e. The Morgan fingerprint density at radius 2 is 1.84 bits per heavy atom. The minimum absolute atomic E-state index is 0.101. The van der Waals surface area contributed by atoms with Gasteiger partial charge >= 0.3 is 0 Å². The van der Waals surface area contributed by atoms with Crippen LogP contribution in [0.15, 0.2) is 41.6 Å². The lowest BCUT2D eigenvalue weighted by molar-refractivity contribution is 0.597. The van der Waals surface area contributed by atoms with Crippen molar-refractivity contribution in [3.8, 4) is 11.3 Å². The van der Waals surface area contributed by atoms with Crippen LogP contribution in [0.2, 0.25) is 0 Å². The zero-order valence-electron chi connectivity index (χ0n) is 10.8. The SMILES string of the molecule is CCS(=O)(=O)c1ccc(-c2cc(NC)ncn2)cc1. The molecule has 0 bridgehead atoms. The molecule has 2 rings (SSSR count). The van der Waals surface area contributed by atoms with Gasteiger partial charge in [-0.25, -0.2) is 18.4 Å². The molecule has 0 spiro atoms. The third-order valence-electron chi connectivity index (χ3n) is 2.81. The summed E-state index contributed by atoms with van der Waals surface area (Å²) >= 11 is 0. The van der Waals surface area contributed by atoms with Gasteiger partial charge < -0.3 is 5.32 Å². The molecule has 100 valence electrons. The lowest BCUT2D eigenvalue weighted by atomic mass is 10.1. The molecule has 0 aliphatic carbocycles. The van der Waals surface area contributed by atoms with Crippen LogP contribution < -0.4 is 5.32 Å². The molecule has 2 aromatic rings. The molecular weight excluding hydrogens is 262 g/mol. The highest BCUT2D eigenvalue weighted by Crippen LogP contribution is 2.21. The Bertz CT molecular complexity index is 667. The molecule has 5 nitrogen and oxygen atoms in total. The van der Waals surface area contributed by atoms with E-state index < -0.39 is 9.84 Å². The predicted octanol–water partition coefficient (Wildman–Crippen LogP) is 1.98. The summed E-state index contributed by atoms with van der Waals surface area (Å²) in [4.78, 5) is 8.54. The monoisotopic (exact) mass is 277 g/mol. The summed E-state index contributed by atoms with van der Waals surface area (Å²) in [6.45, 7) is 1.63. The van der Waals surface area contributed by atoms with Crippen molar-refractivity contribution >= 4 is 15.7 Å². The first kappa shape index (κ1) is 13.5. The Labute approximate surface area is 112 Å². The molecule has 0 aliphatic heterocycles. The number of hydrogen-bond donors (Lipinski definition) is 1. The van der Waals surface area contributed by atoms with Gasteiger partial charge in [-0.2, -0.15) is 0 Å². The summed E-state index contributed by atoms with van der Waals surface area (Å²) < 4.78 is 23.4. The van der Waals surface area contributed by atoms with Crippen LogP contribution in [0, 0.1) is 0 Å². The van der Waals surface area contributed by atoms with Gasteiger partial charge in [0.25, 0.3) is 0 Å². The predicted molar refractivity (Wildman–Crippen MR) is 74.7 cm³/mol. The molecule has 0 saturated heterocycles. The van der Waals surface area contributed by atoms with Crippen LogP contribution in [0.4, 0.5) is 5.82 Å².